The predicted octanol–water partition coefficient (Wildman–Crippen LogP) is 1.01. The number of nitrogens with two attached hydrogens (primary N) is 1. The third-order valence-corrected chi connectivity index (χ3v) is 4.44. The molecule has 0 amide bonds. The van der Waals surface area contributed by atoms with Crippen molar-refractivity contribution in [2.45, 2.75) is 11.1 Å². The van der Waals surface area contributed by atoms with Crippen molar-refractivity contribution in [3.63, 3.8) is 0 Å². The molecule has 0 aliphatic heterocycles. The van der Waals surface area contributed by atoms with Crippen LogP contribution in [0.25, 0.3) is 0 Å². The molecule has 5 N–H and O–H groups in total. The summed E-state index contributed by atoms with van der Waals surface area (Å²) >= 11 is 3.30. The summed E-state index contributed by atoms with van der Waals surface area (Å²) in [5.74, 6) is 0.700. The van der Waals surface area contributed by atoms with Gasteiger partial charge in [0.15, 0.2) is 6.23 Å². The zero-order chi connectivity index (χ0) is 17.7. The van der Waals surface area contributed by atoms with Crippen molar-refractivity contribution in [3.8, 4) is 0 Å². The van der Waals surface area contributed by atoms with E-state index >= 15 is 0 Å². The van der Waals surface area contributed by atoms with Crippen molar-refractivity contribution in [3.05, 3.63) is 34.9 Å². The minimum Gasteiger partial charge on any atom is -0.392 e. The average Bonchev–Trinajstić information content (AvgIpc) is 2.55. The van der Waals surface area contributed by atoms with Crippen LogP contribution >= 0.6 is 15.9 Å². The van der Waals surface area contributed by atoms with Crippen LogP contribution in [-0.2, 0) is 14.8 Å². The molecule has 0 saturated heterocycles. The Kier molecular flexibility index (Phi) is 6.07. The molecule has 2 aromatic rings. The molecule has 9 nitrogen and oxygen atoms in total. The summed E-state index contributed by atoms with van der Waals surface area (Å²) in [7, 11) is -2.28. The number of aliphatic hydroxyl groups excluding tert-OH is 1. The van der Waals surface area contributed by atoms with Gasteiger partial charge in [0.2, 0.25) is 16.0 Å². The maximum Gasteiger partial charge on any atom is 0.238 e. The van der Waals surface area contributed by atoms with Gasteiger partial charge in [-0.1, -0.05) is 0 Å². The summed E-state index contributed by atoms with van der Waals surface area (Å²) in [6.45, 7) is -0.231. The van der Waals surface area contributed by atoms with E-state index in [0.717, 1.165) is 0 Å². The van der Waals surface area contributed by atoms with Crippen molar-refractivity contribution in [2.24, 2.45) is 5.14 Å². The zero-order valence-electron chi connectivity index (χ0n) is 12.6. The van der Waals surface area contributed by atoms with Crippen molar-refractivity contribution < 1.29 is 18.3 Å². The highest BCUT2D eigenvalue weighted by molar-refractivity contribution is 9.10. The molecule has 11 heteroatoms. The van der Waals surface area contributed by atoms with Gasteiger partial charge in [-0.2, -0.15) is 4.98 Å². The molecule has 1 atom stereocenters. The normalized spacial score (nSPS) is 12.7. The van der Waals surface area contributed by atoms with Gasteiger partial charge in [-0.3, -0.25) is 0 Å². The molecule has 1 unspecified atom stereocenters. The van der Waals surface area contributed by atoms with Crippen LogP contribution < -0.4 is 15.8 Å². The van der Waals surface area contributed by atoms with Gasteiger partial charge in [-0.15, -0.1) is 0 Å². The van der Waals surface area contributed by atoms with E-state index in [1.165, 1.54) is 25.4 Å². The Morgan fingerprint density at radius 2 is 2.04 bits per heavy atom. The van der Waals surface area contributed by atoms with Crippen LogP contribution in [0.3, 0.4) is 0 Å². The number of anilines is 3. The van der Waals surface area contributed by atoms with Crippen molar-refractivity contribution in [1.82, 2.24) is 9.97 Å². The van der Waals surface area contributed by atoms with Crippen molar-refractivity contribution >= 4 is 43.4 Å². The zero-order valence-corrected chi connectivity index (χ0v) is 15.0. The lowest BCUT2D eigenvalue weighted by atomic mass is 10.3. The van der Waals surface area contributed by atoms with E-state index in [2.05, 4.69) is 36.5 Å². The molecule has 0 fully saturated rings. The first-order valence-corrected chi connectivity index (χ1v) is 9.00. The fourth-order valence-corrected chi connectivity index (χ4v) is 2.54. The van der Waals surface area contributed by atoms with Gasteiger partial charge in [0, 0.05) is 19.0 Å². The number of benzene rings is 1. The second-order valence-corrected chi connectivity index (χ2v) is 7.05. The number of nitrogens with zero attached hydrogens (tertiary/aromatic N) is 2. The molecule has 1 aromatic carbocycles. The number of methoxy groups -OCH3 is 1. The molecular weight excluding hydrogens is 402 g/mol. The first kappa shape index (κ1) is 18.5. The van der Waals surface area contributed by atoms with E-state index in [4.69, 9.17) is 15.0 Å². The van der Waals surface area contributed by atoms with E-state index in [-0.39, 0.29) is 17.5 Å². The Bertz CT molecular complexity index is 797. The largest absolute Gasteiger partial charge is 0.392 e. The molecule has 0 saturated carbocycles. The lowest BCUT2D eigenvalue weighted by Crippen LogP contribution is -2.26. The Morgan fingerprint density at radius 3 is 2.58 bits per heavy atom. The Labute approximate surface area is 147 Å². The van der Waals surface area contributed by atoms with Gasteiger partial charge in [-0.05, 0) is 40.2 Å². The van der Waals surface area contributed by atoms with Gasteiger partial charge in [0.1, 0.15) is 5.82 Å². The van der Waals surface area contributed by atoms with E-state index in [1.54, 1.807) is 12.1 Å². The lowest BCUT2D eigenvalue weighted by molar-refractivity contribution is 0.0683. The minimum absolute atomic E-state index is 0.0120. The quantitative estimate of drug-likeness (QED) is 0.489. The number of rotatable bonds is 7. The first-order chi connectivity index (χ1) is 11.3. The second kappa shape index (κ2) is 7.85. The molecule has 0 spiro atoms. The number of nitrogens with one attached hydrogen (secondary N) is 2. The summed E-state index contributed by atoms with van der Waals surface area (Å²) in [6.07, 6.45) is 0.915. The number of halogens is 1. The Hall–Kier alpha value is -1.79. The molecule has 130 valence electrons. The Balaban J connectivity index is 2.18. The number of aliphatic hydroxyl groups is 1. The third kappa shape index (κ3) is 4.85. The number of hydrogen-bond donors (Lipinski definition) is 4. The van der Waals surface area contributed by atoms with E-state index in [0.29, 0.717) is 16.0 Å². The lowest BCUT2D eigenvalue weighted by Gasteiger charge is -2.16. The highest BCUT2D eigenvalue weighted by atomic mass is 79.9. The monoisotopic (exact) mass is 417 g/mol. The molecule has 1 aromatic heterocycles. The van der Waals surface area contributed by atoms with Crippen molar-refractivity contribution in [2.75, 3.05) is 24.4 Å². The van der Waals surface area contributed by atoms with Gasteiger partial charge in [0.05, 0.1) is 16.0 Å². The van der Waals surface area contributed by atoms with Crippen LogP contribution in [0, 0.1) is 0 Å². The van der Waals surface area contributed by atoms with Crippen LogP contribution in [0.15, 0.2) is 39.8 Å². The smallest absolute Gasteiger partial charge is 0.238 e. The minimum atomic E-state index is -3.74. The van der Waals surface area contributed by atoms with Crippen LogP contribution in [0.4, 0.5) is 17.5 Å². The molecule has 0 radical (unpaired) electrons. The first-order valence-electron chi connectivity index (χ1n) is 6.66. The highest BCUT2D eigenvalue weighted by Crippen LogP contribution is 2.23. The fraction of sp³-hybridized carbons (Fsp3) is 0.231. The van der Waals surface area contributed by atoms with Gasteiger partial charge in [0.25, 0.3) is 0 Å². The topological polar surface area (TPSA) is 139 Å². The van der Waals surface area contributed by atoms with Crippen molar-refractivity contribution in [1.29, 1.82) is 0 Å². The van der Waals surface area contributed by atoms with Crippen LogP contribution in [-0.4, -0.2) is 43.4 Å². The van der Waals surface area contributed by atoms with Gasteiger partial charge >= 0.3 is 0 Å². The van der Waals surface area contributed by atoms with Crippen LogP contribution in [0.2, 0.25) is 0 Å². The number of hydrogen-bond acceptors (Lipinski definition) is 8. The van der Waals surface area contributed by atoms with Gasteiger partial charge < -0.3 is 20.5 Å². The highest BCUT2D eigenvalue weighted by Gasteiger charge is 2.11. The van der Waals surface area contributed by atoms with Gasteiger partial charge in [-0.25, -0.2) is 18.5 Å². The number of sulfonamides is 1. The number of aromatic nitrogens is 2. The maximum atomic E-state index is 11.2. The third-order valence-electron chi connectivity index (χ3n) is 2.93. The van der Waals surface area contributed by atoms with E-state index in [9.17, 15) is 8.42 Å². The number of primary sulfonamides is 1. The summed E-state index contributed by atoms with van der Waals surface area (Å²) in [5, 5.41) is 20.0. The van der Waals surface area contributed by atoms with E-state index < -0.39 is 16.3 Å². The Morgan fingerprint density at radius 1 is 1.38 bits per heavy atom. The summed E-state index contributed by atoms with van der Waals surface area (Å²) in [5.41, 5.74) is 0.584. The summed E-state index contributed by atoms with van der Waals surface area (Å²) in [6, 6.07) is 5.85. The SMILES string of the molecule is COC(CO)Nc1nc(Nc2ccc(S(N)(=O)=O)cc2)ncc1Br. The second-order valence-electron chi connectivity index (χ2n) is 4.64. The maximum absolute atomic E-state index is 11.2. The van der Waals surface area contributed by atoms with Crippen LogP contribution in [0.1, 0.15) is 0 Å². The summed E-state index contributed by atoms with van der Waals surface area (Å²) < 4.78 is 28.1. The average molecular weight is 418 g/mol. The van der Waals surface area contributed by atoms with Crippen LogP contribution in [0.5, 0.6) is 0 Å². The molecule has 24 heavy (non-hydrogen) atoms. The predicted molar refractivity (Wildman–Crippen MR) is 92.3 cm³/mol. The molecule has 0 bridgehead atoms. The standard InChI is InChI=1S/C13H16BrN5O4S/c1-23-11(7-20)18-12-10(14)6-16-13(19-12)17-8-2-4-9(5-3-8)24(15,21)22/h2-6,11,20H,7H2,1H3,(H2,15,21,22)(H2,16,17,18,19). The molecular formula is C13H16BrN5O4S. The molecule has 0 aliphatic carbocycles. The van der Waals surface area contributed by atoms with E-state index in [1.807, 2.05) is 0 Å². The summed E-state index contributed by atoms with van der Waals surface area (Å²) in [4.78, 5) is 8.38. The molecule has 1 heterocycles. The fourth-order valence-electron chi connectivity index (χ4n) is 1.72. The molecule has 0 aliphatic rings. The molecule has 2 rings (SSSR count). The number of ether oxygens (including phenoxy) is 1.